The molecule has 1 aliphatic heterocycles. The van der Waals surface area contributed by atoms with Crippen LogP contribution in [-0.4, -0.2) is 18.1 Å². The van der Waals surface area contributed by atoms with Crippen LogP contribution in [0.25, 0.3) is 0 Å². The molecule has 1 aliphatic rings. The first kappa shape index (κ1) is 12.0. The van der Waals surface area contributed by atoms with Crippen molar-refractivity contribution in [3.63, 3.8) is 0 Å². The van der Waals surface area contributed by atoms with Gasteiger partial charge in [0.15, 0.2) is 0 Å². The molecule has 3 rings (SSSR count). The molecule has 0 saturated carbocycles. The minimum absolute atomic E-state index is 0.883. The van der Waals surface area contributed by atoms with E-state index >= 15 is 0 Å². The first-order chi connectivity index (χ1) is 9.42. The molecule has 1 aromatic heterocycles. The number of piperidine rings is 1. The topological polar surface area (TPSA) is 28.2 Å². The van der Waals surface area contributed by atoms with Crippen molar-refractivity contribution in [3.05, 3.63) is 48.7 Å². The highest BCUT2D eigenvalue weighted by molar-refractivity contribution is 5.60. The van der Waals surface area contributed by atoms with Crippen LogP contribution in [0, 0.1) is 0 Å². The van der Waals surface area contributed by atoms with Crippen LogP contribution in [-0.2, 0) is 0 Å². The SMILES string of the molecule is c1ccc(Nc2ccc(N3CCCCC3)cc2)nc1. The highest BCUT2D eigenvalue weighted by Crippen LogP contribution is 2.22. The van der Waals surface area contributed by atoms with E-state index < -0.39 is 0 Å². The highest BCUT2D eigenvalue weighted by Gasteiger charge is 2.10. The van der Waals surface area contributed by atoms with Gasteiger partial charge in [0.25, 0.3) is 0 Å². The van der Waals surface area contributed by atoms with Gasteiger partial charge in [-0.3, -0.25) is 0 Å². The molecule has 19 heavy (non-hydrogen) atoms. The van der Waals surface area contributed by atoms with E-state index in [0.717, 1.165) is 11.5 Å². The molecule has 0 bridgehead atoms. The Kier molecular flexibility index (Phi) is 3.63. The van der Waals surface area contributed by atoms with Crippen molar-refractivity contribution < 1.29 is 0 Å². The lowest BCUT2D eigenvalue weighted by molar-refractivity contribution is 0.578. The number of anilines is 3. The Bertz CT molecular complexity index is 501. The van der Waals surface area contributed by atoms with E-state index in [4.69, 9.17) is 0 Å². The average molecular weight is 253 g/mol. The van der Waals surface area contributed by atoms with Gasteiger partial charge < -0.3 is 10.2 Å². The lowest BCUT2D eigenvalue weighted by atomic mass is 10.1. The summed E-state index contributed by atoms with van der Waals surface area (Å²) in [7, 11) is 0. The maximum Gasteiger partial charge on any atom is 0.130 e. The number of hydrogen-bond donors (Lipinski definition) is 1. The molecule has 0 amide bonds. The summed E-state index contributed by atoms with van der Waals surface area (Å²) in [6.45, 7) is 2.38. The summed E-state index contributed by atoms with van der Waals surface area (Å²) in [5.74, 6) is 0.883. The Morgan fingerprint density at radius 1 is 0.895 bits per heavy atom. The van der Waals surface area contributed by atoms with Gasteiger partial charge in [0.2, 0.25) is 0 Å². The standard InChI is InChI=1S/C16H19N3/c1-4-12-19(13-5-1)15-9-7-14(8-10-15)18-16-6-2-3-11-17-16/h2-3,6-11H,1,4-5,12-13H2,(H,17,18). The zero-order valence-corrected chi connectivity index (χ0v) is 11.0. The van der Waals surface area contributed by atoms with Gasteiger partial charge >= 0.3 is 0 Å². The van der Waals surface area contributed by atoms with E-state index in [-0.39, 0.29) is 0 Å². The summed E-state index contributed by atoms with van der Waals surface area (Å²) in [6, 6.07) is 14.5. The smallest absolute Gasteiger partial charge is 0.130 e. The largest absolute Gasteiger partial charge is 0.372 e. The van der Waals surface area contributed by atoms with E-state index in [9.17, 15) is 0 Å². The zero-order chi connectivity index (χ0) is 12.9. The first-order valence-corrected chi connectivity index (χ1v) is 6.95. The summed E-state index contributed by atoms with van der Waals surface area (Å²) < 4.78 is 0. The molecule has 2 aromatic rings. The second kappa shape index (κ2) is 5.74. The Balaban J connectivity index is 1.68. The van der Waals surface area contributed by atoms with Gasteiger partial charge in [-0.15, -0.1) is 0 Å². The molecule has 1 N–H and O–H groups in total. The second-order valence-electron chi connectivity index (χ2n) is 4.93. The number of nitrogens with one attached hydrogen (secondary N) is 1. The van der Waals surface area contributed by atoms with Crippen LogP contribution in [0.5, 0.6) is 0 Å². The van der Waals surface area contributed by atoms with E-state index in [1.54, 1.807) is 6.20 Å². The van der Waals surface area contributed by atoms with Crippen LogP contribution in [0.15, 0.2) is 48.7 Å². The molecule has 3 nitrogen and oxygen atoms in total. The summed E-state index contributed by atoms with van der Waals surface area (Å²) in [5, 5.41) is 3.30. The van der Waals surface area contributed by atoms with E-state index in [1.165, 1.54) is 38.0 Å². The van der Waals surface area contributed by atoms with Gasteiger partial charge in [0, 0.05) is 30.7 Å². The molecule has 98 valence electrons. The quantitative estimate of drug-likeness (QED) is 0.901. The number of nitrogens with zero attached hydrogens (tertiary/aromatic N) is 2. The van der Waals surface area contributed by atoms with Crippen LogP contribution in [0.1, 0.15) is 19.3 Å². The summed E-state index contributed by atoms with van der Waals surface area (Å²) in [4.78, 5) is 6.73. The van der Waals surface area contributed by atoms with Crippen molar-refractivity contribution in [1.82, 2.24) is 4.98 Å². The van der Waals surface area contributed by atoms with Crippen molar-refractivity contribution in [2.45, 2.75) is 19.3 Å². The predicted molar refractivity (Wildman–Crippen MR) is 80.0 cm³/mol. The average Bonchev–Trinajstić information content (AvgIpc) is 2.50. The minimum atomic E-state index is 0.883. The third kappa shape index (κ3) is 3.05. The van der Waals surface area contributed by atoms with Gasteiger partial charge in [-0.25, -0.2) is 4.98 Å². The lowest BCUT2D eigenvalue weighted by Gasteiger charge is -2.28. The second-order valence-corrected chi connectivity index (χ2v) is 4.93. The Morgan fingerprint density at radius 2 is 1.68 bits per heavy atom. The van der Waals surface area contributed by atoms with E-state index in [0.29, 0.717) is 0 Å². The minimum Gasteiger partial charge on any atom is -0.372 e. The van der Waals surface area contributed by atoms with Crippen molar-refractivity contribution in [2.24, 2.45) is 0 Å². The number of hydrogen-bond acceptors (Lipinski definition) is 3. The molecule has 0 aliphatic carbocycles. The van der Waals surface area contributed by atoms with Gasteiger partial charge in [-0.2, -0.15) is 0 Å². The Morgan fingerprint density at radius 3 is 2.37 bits per heavy atom. The number of pyridine rings is 1. The van der Waals surface area contributed by atoms with Gasteiger partial charge in [0.1, 0.15) is 5.82 Å². The van der Waals surface area contributed by atoms with Gasteiger partial charge in [0.05, 0.1) is 0 Å². The molecule has 0 radical (unpaired) electrons. The highest BCUT2D eigenvalue weighted by atomic mass is 15.1. The maximum atomic E-state index is 4.26. The normalized spacial score (nSPS) is 15.3. The van der Waals surface area contributed by atoms with Crippen LogP contribution in [0.2, 0.25) is 0 Å². The molecule has 0 spiro atoms. The monoisotopic (exact) mass is 253 g/mol. The number of rotatable bonds is 3. The first-order valence-electron chi connectivity index (χ1n) is 6.95. The van der Waals surface area contributed by atoms with Gasteiger partial charge in [-0.05, 0) is 55.7 Å². The molecular formula is C16H19N3. The van der Waals surface area contributed by atoms with Crippen molar-refractivity contribution in [2.75, 3.05) is 23.3 Å². The third-order valence-corrected chi connectivity index (χ3v) is 3.53. The molecule has 2 heterocycles. The lowest BCUT2D eigenvalue weighted by Crippen LogP contribution is -2.29. The molecule has 1 saturated heterocycles. The van der Waals surface area contributed by atoms with Crippen molar-refractivity contribution in [1.29, 1.82) is 0 Å². The Hall–Kier alpha value is -2.03. The molecule has 3 heteroatoms. The summed E-state index contributed by atoms with van der Waals surface area (Å²) >= 11 is 0. The van der Waals surface area contributed by atoms with Crippen LogP contribution in [0.4, 0.5) is 17.2 Å². The molecule has 0 atom stereocenters. The van der Waals surface area contributed by atoms with E-state index in [2.05, 4.69) is 39.5 Å². The molecule has 1 aromatic carbocycles. The van der Waals surface area contributed by atoms with Crippen LogP contribution >= 0.6 is 0 Å². The van der Waals surface area contributed by atoms with Gasteiger partial charge in [-0.1, -0.05) is 6.07 Å². The molecule has 0 unspecified atom stereocenters. The fourth-order valence-electron chi connectivity index (χ4n) is 2.49. The Labute approximate surface area is 114 Å². The van der Waals surface area contributed by atoms with Crippen molar-refractivity contribution >= 4 is 17.2 Å². The third-order valence-electron chi connectivity index (χ3n) is 3.53. The number of aromatic nitrogens is 1. The van der Waals surface area contributed by atoms with E-state index in [1.807, 2.05) is 18.2 Å². The summed E-state index contributed by atoms with van der Waals surface area (Å²) in [5.41, 5.74) is 2.41. The predicted octanol–water partition coefficient (Wildman–Crippen LogP) is 3.82. The van der Waals surface area contributed by atoms with Crippen molar-refractivity contribution in [3.8, 4) is 0 Å². The fourth-order valence-corrected chi connectivity index (χ4v) is 2.49. The zero-order valence-electron chi connectivity index (χ0n) is 11.0. The summed E-state index contributed by atoms with van der Waals surface area (Å²) in [6.07, 6.45) is 5.79. The molecule has 1 fully saturated rings. The maximum absolute atomic E-state index is 4.26. The van der Waals surface area contributed by atoms with Crippen LogP contribution < -0.4 is 10.2 Å². The van der Waals surface area contributed by atoms with Crippen LogP contribution in [0.3, 0.4) is 0 Å². The molecular weight excluding hydrogens is 234 g/mol. The fraction of sp³-hybridized carbons (Fsp3) is 0.312. The number of benzene rings is 1.